The molecule has 1 N–H and O–H groups in total. The fraction of sp³-hybridized carbons (Fsp3) is 0.235. The summed E-state index contributed by atoms with van der Waals surface area (Å²) in [6.45, 7) is 2.94. The molecule has 0 atom stereocenters. The third-order valence-electron chi connectivity index (χ3n) is 2.98. The van der Waals surface area contributed by atoms with Crippen LogP contribution in [-0.4, -0.2) is 24.3 Å². The summed E-state index contributed by atoms with van der Waals surface area (Å²) in [5, 5.41) is 8.90. The first-order chi connectivity index (χ1) is 10.2. The Morgan fingerprint density at radius 1 is 1.05 bits per heavy atom. The maximum atomic E-state index is 10.8. The molecule has 0 saturated heterocycles. The van der Waals surface area contributed by atoms with Gasteiger partial charge < -0.3 is 14.6 Å². The summed E-state index contributed by atoms with van der Waals surface area (Å²) in [5.41, 5.74) is 1.09. The summed E-state index contributed by atoms with van der Waals surface area (Å²) in [6.07, 6.45) is 0.759. The van der Waals surface area contributed by atoms with E-state index in [1.807, 2.05) is 37.3 Å². The normalized spacial score (nSPS) is 10.1. The van der Waals surface area contributed by atoms with Crippen LogP contribution in [0.2, 0.25) is 0 Å². The average Bonchev–Trinajstić information content (AvgIpc) is 2.49. The molecule has 0 unspecified atom stereocenters. The molecule has 0 aliphatic carbocycles. The Bertz CT molecular complexity index is 593. The third kappa shape index (κ3) is 4.53. The molecule has 2 aromatic rings. The minimum absolute atomic E-state index is 0.271. The van der Waals surface area contributed by atoms with Gasteiger partial charge in [-0.25, -0.2) is 4.79 Å². The van der Waals surface area contributed by atoms with Gasteiger partial charge in [0.2, 0.25) is 0 Å². The van der Waals surface area contributed by atoms with E-state index in [9.17, 15) is 4.79 Å². The van der Waals surface area contributed by atoms with Crippen molar-refractivity contribution in [3.8, 4) is 11.5 Å². The molecule has 4 heteroatoms. The summed E-state index contributed by atoms with van der Waals surface area (Å²) in [7, 11) is 0. The Morgan fingerprint density at radius 3 is 2.43 bits per heavy atom. The van der Waals surface area contributed by atoms with Crippen LogP contribution in [-0.2, 0) is 0 Å². The van der Waals surface area contributed by atoms with Crippen LogP contribution in [0, 0.1) is 6.92 Å². The monoisotopic (exact) mass is 286 g/mol. The quantitative estimate of drug-likeness (QED) is 0.791. The molecule has 110 valence electrons. The van der Waals surface area contributed by atoms with Gasteiger partial charge in [0.1, 0.15) is 11.5 Å². The minimum atomic E-state index is -0.930. The van der Waals surface area contributed by atoms with Crippen LogP contribution in [0.15, 0.2) is 48.5 Å². The number of hydrogen-bond donors (Lipinski definition) is 1. The van der Waals surface area contributed by atoms with Crippen LogP contribution >= 0.6 is 0 Å². The lowest BCUT2D eigenvalue weighted by Crippen LogP contribution is -2.06. The molecule has 0 saturated carbocycles. The average molecular weight is 286 g/mol. The highest BCUT2D eigenvalue weighted by atomic mass is 16.5. The van der Waals surface area contributed by atoms with Gasteiger partial charge in [-0.1, -0.05) is 18.2 Å². The molecule has 4 nitrogen and oxygen atoms in total. The number of carboxylic acid groups (broad SMARTS) is 1. The lowest BCUT2D eigenvalue weighted by molar-refractivity contribution is 0.0696. The second kappa shape index (κ2) is 7.33. The smallest absolute Gasteiger partial charge is 0.335 e. The Labute approximate surface area is 123 Å². The lowest BCUT2D eigenvalue weighted by Gasteiger charge is -2.10. The van der Waals surface area contributed by atoms with Crippen molar-refractivity contribution in [2.45, 2.75) is 13.3 Å². The minimum Gasteiger partial charge on any atom is -0.493 e. The second-order valence-corrected chi connectivity index (χ2v) is 4.65. The number of aromatic carboxylic acids is 1. The summed E-state index contributed by atoms with van der Waals surface area (Å²) >= 11 is 0. The van der Waals surface area contributed by atoms with E-state index in [-0.39, 0.29) is 5.56 Å². The summed E-state index contributed by atoms with van der Waals surface area (Å²) in [4.78, 5) is 10.8. The van der Waals surface area contributed by atoms with Gasteiger partial charge in [-0.05, 0) is 42.8 Å². The number of carboxylic acids is 1. The van der Waals surface area contributed by atoms with Gasteiger partial charge in [-0.15, -0.1) is 0 Å². The van der Waals surface area contributed by atoms with Crippen LogP contribution in [0.1, 0.15) is 22.3 Å². The molecule has 0 radical (unpaired) electrons. The molecule has 0 fully saturated rings. The van der Waals surface area contributed by atoms with Gasteiger partial charge >= 0.3 is 5.97 Å². The number of hydrogen-bond acceptors (Lipinski definition) is 3. The lowest BCUT2D eigenvalue weighted by atomic mass is 10.1. The summed E-state index contributed by atoms with van der Waals surface area (Å²) in [6, 6.07) is 14.5. The molecule has 0 bridgehead atoms. The number of carbonyl (C=O) groups is 1. The van der Waals surface area contributed by atoms with Crippen molar-refractivity contribution in [3.63, 3.8) is 0 Å². The van der Waals surface area contributed by atoms with Gasteiger partial charge in [0, 0.05) is 6.42 Å². The molecular weight excluding hydrogens is 268 g/mol. The number of ether oxygens (including phenoxy) is 2. The van der Waals surface area contributed by atoms with Gasteiger partial charge in [0.05, 0.1) is 18.8 Å². The fourth-order valence-corrected chi connectivity index (χ4v) is 1.89. The van der Waals surface area contributed by atoms with E-state index in [2.05, 4.69) is 0 Å². The highest BCUT2D eigenvalue weighted by Gasteiger charge is 2.06. The van der Waals surface area contributed by atoms with E-state index in [0.29, 0.717) is 19.0 Å². The van der Waals surface area contributed by atoms with Gasteiger partial charge in [0.25, 0.3) is 0 Å². The number of rotatable bonds is 7. The third-order valence-corrected chi connectivity index (χ3v) is 2.98. The van der Waals surface area contributed by atoms with Crippen molar-refractivity contribution in [1.29, 1.82) is 0 Å². The van der Waals surface area contributed by atoms with Crippen LogP contribution in [0.3, 0.4) is 0 Å². The van der Waals surface area contributed by atoms with Crippen molar-refractivity contribution in [2.75, 3.05) is 13.2 Å². The second-order valence-electron chi connectivity index (χ2n) is 4.65. The first-order valence-electron chi connectivity index (χ1n) is 6.81. The molecule has 0 spiro atoms. The molecular formula is C17H18O4. The Kier molecular flexibility index (Phi) is 5.21. The standard InChI is InChI=1S/C17H18O4/c1-13-12-14(17(18)19)8-9-16(13)21-11-5-10-20-15-6-3-2-4-7-15/h2-4,6-9,12H,5,10-11H2,1H3,(H,18,19). The zero-order valence-electron chi connectivity index (χ0n) is 11.9. The van der Waals surface area contributed by atoms with E-state index in [4.69, 9.17) is 14.6 Å². The predicted octanol–water partition coefficient (Wildman–Crippen LogP) is 3.54. The highest BCUT2D eigenvalue weighted by Crippen LogP contribution is 2.19. The molecule has 0 aromatic heterocycles. The van der Waals surface area contributed by atoms with Gasteiger partial charge in [0.15, 0.2) is 0 Å². The van der Waals surface area contributed by atoms with Crippen LogP contribution in [0.5, 0.6) is 11.5 Å². The Balaban J connectivity index is 1.75. The number of aryl methyl sites for hydroxylation is 1. The van der Waals surface area contributed by atoms with E-state index < -0.39 is 5.97 Å². The highest BCUT2D eigenvalue weighted by molar-refractivity contribution is 5.88. The fourth-order valence-electron chi connectivity index (χ4n) is 1.89. The predicted molar refractivity (Wildman–Crippen MR) is 80.2 cm³/mol. The molecule has 2 aromatic carbocycles. The first kappa shape index (κ1) is 14.9. The Morgan fingerprint density at radius 2 is 1.76 bits per heavy atom. The van der Waals surface area contributed by atoms with E-state index in [1.165, 1.54) is 0 Å². The maximum Gasteiger partial charge on any atom is 0.335 e. The number of para-hydroxylation sites is 1. The van der Waals surface area contributed by atoms with Crippen LogP contribution < -0.4 is 9.47 Å². The largest absolute Gasteiger partial charge is 0.493 e. The maximum absolute atomic E-state index is 10.8. The number of benzene rings is 2. The topological polar surface area (TPSA) is 55.8 Å². The zero-order valence-corrected chi connectivity index (χ0v) is 11.9. The van der Waals surface area contributed by atoms with Crippen molar-refractivity contribution in [3.05, 3.63) is 59.7 Å². The first-order valence-corrected chi connectivity index (χ1v) is 6.81. The van der Waals surface area contributed by atoms with E-state index in [0.717, 1.165) is 17.7 Å². The van der Waals surface area contributed by atoms with Gasteiger partial charge in [-0.3, -0.25) is 0 Å². The molecule has 0 heterocycles. The molecule has 0 amide bonds. The zero-order chi connectivity index (χ0) is 15.1. The summed E-state index contributed by atoms with van der Waals surface area (Å²) in [5.74, 6) is 0.625. The van der Waals surface area contributed by atoms with Crippen molar-refractivity contribution in [2.24, 2.45) is 0 Å². The van der Waals surface area contributed by atoms with Crippen molar-refractivity contribution >= 4 is 5.97 Å². The van der Waals surface area contributed by atoms with Crippen LogP contribution in [0.4, 0.5) is 0 Å². The van der Waals surface area contributed by atoms with Crippen molar-refractivity contribution in [1.82, 2.24) is 0 Å². The molecule has 21 heavy (non-hydrogen) atoms. The molecule has 0 aliphatic heterocycles. The summed E-state index contributed by atoms with van der Waals surface area (Å²) < 4.78 is 11.2. The SMILES string of the molecule is Cc1cc(C(=O)O)ccc1OCCCOc1ccccc1. The van der Waals surface area contributed by atoms with Crippen LogP contribution in [0.25, 0.3) is 0 Å². The van der Waals surface area contributed by atoms with E-state index >= 15 is 0 Å². The van der Waals surface area contributed by atoms with E-state index in [1.54, 1.807) is 18.2 Å². The molecule has 2 rings (SSSR count). The van der Waals surface area contributed by atoms with Crippen molar-refractivity contribution < 1.29 is 19.4 Å². The molecule has 0 aliphatic rings. The Hall–Kier alpha value is -2.49. The van der Waals surface area contributed by atoms with Gasteiger partial charge in [-0.2, -0.15) is 0 Å².